The van der Waals surface area contributed by atoms with Gasteiger partial charge in [0.2, 0.25) is 0 Å². The van der Waals surface area contributed by atoms with E-state index in [1.165, 1.54) is 10.5 Å². The number of anilines is 2. The van der Waals surface area contributed by atoms with Crippen molar-refractivity contribution >= 4 is 23.1 Å². The first-order chi connectivity index (χ1) is 14.4. The van der Waals surface area contributed by atoms with Crippen LogP contribution in [0.15, 0.2) is 47.4 Å². The summed E-state index contributed by atoms with van der Waals surface area (Å²) in [6.45, 7) is 8.46. The minimum atomic E-state index is -0.433. The lowest BCUT2D eigenvalue weighted by molar-refractivity contribution is 0.0183. The molecule has 0 saturated heterocycles. The Bertz CT molecular complexity index is 807. The molecule has 4 heteroatoms. The van der Waals surface area contributed by atoms with E-state index < -0.39 is 6.10 Å². The van der Waals surface area contributed by atoms with Crippen molar-refractivity contribution in [2.24, 2.45) is 5.41 Å². The summed E-state index contributed by atoms with van der Waals surface area (Å²) in [7, 11) is 4.13. The second-order valence-corrected chi connectivity index (χ2v) is 9.33. The summed E-state index contributed by atoms with van der Waals surface area (Å²) in [5.74, 6) is 0.892. The average Bonchev–Trinajstić information content (AvgIpc) is 2.87. The number of benzene rings is 2. The van der Waals surface area contributed by atoms with Gasteiger partial charge in [-0.2, -0.15) is 0 Å². The normalized spacial score (nSPS) is 23.0. The quantitative estimate of drug-likeness (QED) is 0.512. The van der Waals surface area contributed by atoms with E-state index in [9.17, 15) is 5.11 Å². The van der Waals surface area contributed by atoms with Gasteiger partial charge in [0, 0.05) is 47.5 Å². The van der Waals surface area contributed by atoms with Gasteiger partial charge < -0.3 is 15.7 Å². The number of unbranched alkanes of at least 4 members (excludes halogenated alkanes) is 1. The minimum Gasteiger partial charge on any atom is -0.399 e. The van der Waals surface area contributed by atoms with Crippen LogP contribution in [0.5, 0.6) is 0 Å². The van der Waals surface area contributed by atoms with Crippen molar-refractivity contribution in [2.75, 3.05) is 30.5 Å². The molecular formula is C26H40N2OS. The van der Waals surface area contributed by atoms with Crippen LogP contribution >= 0.6 is 11.8 Å². The number of thioether (sulfide) groups is 1. The maximum atomic E-state index is 11.8. The maximum Gasteiger partial charge on any atom is 0.0713 e. The summed E-state index contributed by atoms with van der Waals surface area (Å²) in [5, 5.41) is 11.8. The second kappa shape index (κ2) is 11.1. The van der Waals surface area contributed by atoms with E-state index in [0.29, 0.717) is 0 Å². The van der Waals surface area contributed by atoms with E-state index in [1.807, 2.05) is 43.8 Å². The maximum absolute atomic E-state index is 11.8. The van der Waals surface area contributed by atoms with Crippen molar-refractivity contribution in [2.45, 2.75) is 70.3 Å². The smallest absolute Gasteiger partial charge is 0.0713 e. The van der Waals surface area contributed by atoms with E-state index in [0.717, 1.165) is 48.4 Å². The number of hydrogen-bond donors (Lipinski definition) is 2. The van der Waals surface area contributed by atoms with E-state index in [1.54, 1.807) is 0 Å². The zero-order valence-corrected chi connectivity index (χ0v) is 20.4. The molecule has 30 heavy (non-hydrogen) atoms. The average molecular weight is 429 g/mol. The molecule has 3 atom stereocenters. The first-order valence-corrected chi connectivity index (χ1v) is 12.4. The third-order valence-corrected chi connectivity index (χ3v) is 7.71. The number of aliphatic hydroxyl groups is 1. The molecule has 0 radical (unpaired) electrons. The zero-order valence-electron chi connectivity index (χ0n) is 19.6. The van der Waals surface area contributed by atoms with Crippen molar-refractivity contribution in [3.05, 3.63) is 53.6 Å². The summed E-state index contributed by atoms with van der Waals surface area (Å²) in [6, 6.07) is 14.7. The molecule has 0 amide bonds. The van der Waals surface area contributed by atoms with Crippen LogP contribution in [0.3, 0.4) is 0 Å². The molecule has 2 aromatic carbocycles. The van der Waals surface area contributed by atoms with Crippen molar-refractivity contribution in [3.63, 3.8) is 0 Å². The summed E-state index contributed by atoms with van der Waals surface area (Å²) >= 11 is 1.91. The second-order valence-electron chi connectivity index (χ2n) is 8.32. The molecular weight excluding hydrogens is 388 g/mol. The van der Waals surface area contributed by atoms with Gasteiger partial charge in [-0.05, 0) is 54.3 Å². The molecule has 2 unspecified atom stereocenters. The van der Waals surface area contributed by atoms with Crippen LogP contribution in [0.4, 0.5) is 11.4 Å². The Kier molecular flexibility index (Phi) is 9.11. The first kappa shape index (κ1) is 24.6. The number of nitrogens with two attached hydrogens (primary N) is 1. The summed E-state index contributed by atoms with van der Waals surface area (Å²) < 4.78 is 0. The number of rotatable bonds is 6. The molecule has 0 spiro atoms. The van der Waals surface area contributed by atoms with Crippen LogP contribution in [0.2, 0.25) is 0 Å². The molecule has 166 valence electrons. The summed E-state index contributed by atoms with van der Waals surface area (Å²) in [6.07, 6.45) is 3.90. The highest BCUT2D eigenvalue weighted by molar-refractivity contribution is 7.99. The third kappa shape index (κ3) is 5.15. The fourth-order valence-electron chi connectivity index (χ4n) is 4.37. The van der Waals surface area contributed by atoms with Gasteiger partial charge in [-0.1, -0.05) is 52.7 Å². The number of fused-ring (bicyclic) bond motifs is 1. The van der Waals surface area contributed by atoms with Crippen molar-refractivity contribution in [1.29, 1.82) is 0 Å². The predicted octanol–water partition coefficient (Wildman–Crippen LogP) is 6.55. The molecule has 1 heterocycles. The van der Waals surface area contributed by atoms with Crippen molar-refractivity contribution in [1.82, 2.24) is 0 Å². The van der Waals surface area contributed by atoms with Gasteiger partial charge in [-0.3, -0.25) is 0 Å². The lowest BCUT2D eigenvalue weighted by Crippen LogP contribution is -2.40. The number of nitrogen functional groups attached to an aromatic ring is 1. The third-order valence-electron chi connectivity index (χ3n) is 6.31. The monoisotopic (exact) mass is 428 g/mol. The van der Waals surface area contributed by atoms with Crippen molar-refractivity contribution < 1.29 is 5.11 Å². The van der Waals surface area contributed by atoms with Gasteiger partial charge in [-0.25, -0.2) is 0 Å². The van der Waals surface area contributed by atoms with Gasteiger partial charge in [0.1, 0.15) is 0 Å². The number of aliphatic hydroxyl groups excluding tert-OH is 1. The standard InChI is InChI=1S/C24H34N2OS.C2H6/c1-5-7-13-24(6-2)16-28-21-12-11-19(26(3)4)15-20(21)22(23(24)27)17-9-8-10-18(25)14-17;1-2/h8-12,14-15,22-23,27H,5-7,13,16,25H2,1-4H3;1-2H3/t22?,23?,24-;/m1./s1. The minimum absolute atomic E-state index is 0.0646. The molecule has 1 aliphatic heterocycles. The Morgan fingerprint density at radius 2 is 1.87 bits per heavy atom. The van der Waals surface area contributed by atoms with Crippen LogP contribution in [-0.2, 0) is 0 Å². The topological polar surface area (TPSA) is 49.5 Å². The Morgan fingerprint density at radius 1 is 1.13 bits per heavy atom. The Hall–Kier alpha value is -1.65. The Morgan fingerprint density at radius 3 is 2.47 bits per heavy atom. The van der Waals surface area contributed by atoms with E-state index in [4.69, 9.17) is 5.73 Å². The first-order valence-electron chi connectivity index (χ1n) is 11.4. The van der Waals surface area contributed by atoms with Gasteiger partial charge in [0.15, 0.2) is 0 Å². The number of hydrogen-bond acceptors (Lipinski definition) is 4. The lowest BCUT2D eigenvalue weighted by atomic mass is 9.69. The summed E-state index contributed by atoms with van der Waals surface area (Å²) in [4.78, 5) is 3.41. The van der Waals surface area contributed by atoms with Crippen LogP contribution in [0.1, 0.15) is 70.4 Å². The summed E-state index contributed by atoms with van der Waals surface area (Å²) in [5.41, 5.74) is 10.3. The highest BCUT2D eigenvalue weighted by atomic mass is 32.2. The molecule has 0 saturated carbocycles. The van der Waals surface area contributed by atoms with Crippen LogP contribution in [-0.4, -0.2) is 31.1 Å². The molecule has 0 aliphatic carbocycles. The van der Waals surface area contributed by atoms with Gasteiger partial charge in [-0.15, -0.1) is 11.8 Å². The highest BCUT2D eigenvalue weighted by Crippen LogP contribution is 2.51. The zero-order chi connectivity index (χ0) is 22.3. The van der Waals surface area contributed by atoms with E-state index >= 15 is 0 Å². The fourth-order valence-corrected chi connectivity index (χ4v) is 5.85. The van der Waals surface area contributed by atoms with Crippen LogP contribution in [0.25, 0.3) is 0 Å². The van der Waals surface area contributed by atoms with Crippen molar-refractivity contribution in [3.8, 4) is 0 Å². The molecule has 0 aromatic heterocycles. The molecule has 0 bridgehead atoms. The Balaban J connectivity index is 0.00000155. The van der Waals surface area contributed by atoms with Crippen LogP contribution in [0, 0.1) is 5.41 Å². The van der Waals surface area contributed by atoms with Gasteiger partial charge >= 0.3 is 0 Å². The highest BCUT2D eigenvalue weighted by Gasteiger charge is 2.44. The molecule has 3 nitrogen and oxygen atoms in total. The molecule has 3 rings (SSSR count). The largest absolute Gasteiger partial charge is 0.399 e. The molecule has 0 fully saturated rings. The van der Waals surface area contributed by atoms with E-state index in [-0.39, 0.29) is 11.3 Å². The fraction of sp³-hybridized carbons (Fsp3) is 0.538. The van der Waals surface area contributed by atoms with Gasteiger partial charge in [0.25, 0.3) is 0 Å². The molecule has 2 aromatic rings. The SMILES string of the molecule is CC.CCCC[C@]1(CC)CSc2ccc(N(C)C)cc2C(c2cccc(N)c2)C1O. The lowest BCUT2D eigenvalue weighted by Gasteiger charge is -2.40. The number of nitrogens with zero attached hydrogens (tertiary/aromatic N) is 1. The molecule has 3 N–H and O–H groups in total. The molecule has 1 aliphatic rings. The van der Waals surface area contributed by atoms with Crippen LogP contribution < -0.4 is 10.6 Å². The Labute approximate surface area is 188 Å². The van der Waals surface area contributed by atoms with E-state index in [2.05, 4.69) is 57.1 Å². The predicted molar refractivity (Wildman–Crippen MR) is 134 cm³/mol. The van der Waals surface area contributed by atoms with Gasteiger partial charge in [0.05, 0.1) is 6.10 Å².